The number of halogens is 2. The lowest BCUT2D eigenvalue weighted by Crippen LogP contribution is -2.33. The van der Waals surface area contributed by atoms with Crippen LogP contribution in [0.25, 0.3) is 10.9 Å². The number of aromatic nitrogens is 1. The van der Waals surface area contributed by atoms with Crippen LogP contribution >= 0.6 is 35.0 Å². The number of thioether (sulfide) groups is 1. The summed E-state index contributed by atoms with van der Waals surface area (Å²) in [5.41, 5.74) is 3.17. The monoisotopic (exact) mass is 406 g/mol. The molecule has 0 radical (unpaired) electrons. The van der Waals surface area contributed by atoms with E-state index >= 15 is 0 Å². The maximum Gasteiger partial charge on any atom is 0.321 e. The zero-order valence-corrected chi connectivity index (χ0v) is 16.0. The first-order valence-electron chi connectivity index (χ1n) is 8.15. The number of rotatable bonds is 4. The zero-order chi connectivity index (χ0) is 18.3. The fourth-order valence-electron chi connectivity index (χ4n) is 3.24. The molecule has 4 rings (SSSR count). The molecule has 0 unspecified atom stereocenters. The number of nitrogens with zero attached hydrogens (tertiary/aromatic N) is 1. The maximum atomic E-state index is 11.2. The molecule has 4 nitrogen and oxygen atoms in total. The highest BCUT2D eigenvalue weighted by atomic mass is 35.5. The first kappa shape index (κ1) is 17.7. The van der Waals surface area contributed by atoms with E-state index in [1.165, 1.54) is 0 Å². The van der Waals surface area contributed by atoms with Crippen LogP contribution in [0.2, 0.25) is 10.0 Å². The van der Waals surface area contributed by atoms with E-state index in [1.807, 2.05) is 24.3 Å². The molecule has 1 fully saturated rings. The van der Waals surface area contributed by atoms with Crippen molar-refractivity contribution >= 4 is 51.8 Å². The summed E-state index contributed by atoms with van der Waals surface area (Å²) in [6, 6.07) is 13.1. The predicted octanol–water partition coefficient (Wildman–Crippen LogP) is 4.78. The van der Waals surface area contributed by atoms with Crippen LogP contribution in [0.3, 0.4) is 0 Å². The molecule has 1 aliphatic heterocycles. The van der Waals surface area contributed by atoms with Crippen LogP contribution in [0.5, 0.6) is 0 Å². The SMILES string of the molecule is O=C(O)[C@@H]1CS[C@@H](c2cn(Cc3ccc(Cl)cc3Cl)c3ccccc23)N1. The molecule has 134 valence electrons. The van der Waals surface area contributed by atoms with Gasteiger partial charge in [-0.15, -0.1) is 11.8 Å². The van der Waals surface area contributed by atoms with Gasteiger partial charge in [0.05, 0.1) is 5.37 Å². The van der Waals surface area contributed by atoms with Crippen LogP contribution in [-0.2, 0) is 11.3 Å². The Kier molecular flexibility index (Phi) is 4.88. The first-order valence-corrected chi connectivity index (χ1v) is 9.95. The number of hydrogen-bond donors (Lipinski definition) is 2. The van der Waals surface area contributed by atoms with Crippen molar-refractivity contribution in [1.29, 1.82) is 0 Å². The highest BCUT2D eigenvalue weighted by molar-refractivity contribution is 7.99. The minimum absolute atomic E-state index is 0.0389. The van der Waals surface area contributed by atoms with Gasteiger partial charge < -0.3 is 9.67 Å². The summed E-state index contributed by atoms with van der Waals surface area (Å²) in [6.07, 6.45) is 2.09. The van der Waals surface area contributed by atoms with Gasteiger partial charge in [-0.05, 0) is 23.8 Å². The van der Waals surface area contributed by atoms with Gasteiger partial charge in [-0.25, -0.2) is 0 Å². The lowest BCUT2D eigenvalue weighted by Gasteiger charge is -2.10. The second-order valence-electron chi connectivity index (χ2n) is 6.24. The highest BCUT2D eigenvalue weighted by Crippen LogP contribution is 2.38. The molecule has 1 saturated heterocycles. The number of carboxylic acids is 1. The summed E-state index contributed by atoms with van der Waals surface area (Å²) >= 11 is 14.0. The fraction of sp³-hybridized carbons (Fsp3) is 0.211. The van der Waals surface area contributed by atoms with Crippen molar-refractivity contribution in [3.8, 4) is 0 Å². The molecule has 7 heteroatoms. The number of fused-ring (bicyclic) bond motifs is 1. The number of aliphatic carboxylic acids is 1. The van der Waals surface area contributed by atoms with Crippen molar-refractivity contribution in [2.75, 3.05) is 5.75 Å². The average molecular weight is 407 g/mol. The zero-order valence-electron chi connectivity index (χ0n) is 13.7. The molecular weight excluding hydrogens is 391 g/mol. The van der Waals surface area contributed by atoms with Crippen molar-refractivity contribution in [1.82, 2.24) is 9.88 Å². The van der Waals surface area contributed by atoms with Gasteiger partial charge in [0, 0.05) is 45.0 Å². The minimum atomic E-state index is -0.809. The lowest BCUT2D eigenvalue weighted by molar-refractivity contribution is -0.138. The molecule has 2 N–H and O–H groups in total. The van der Waals surface area contributed by atoms with Gasteiger partial charge in [0.2, 0.25) is 0 Å². The third-order valence-corrected chi connectivity index (χ3v) is 6.37. The second kappa shape index (κ2) is 7.16. The molecule has 0 saturated carbocycles. The van der Waals surface area contributed by atoms with Crippen molar-refractivity contribution in [2.24, 2.45) is 0 Å². The Morgan fingerprint density at radius 2 is 2.08 bits per heavy atom. The summed E-state index contributed by atoms with van der Waals surface area (Å²) < 4.78 is 2.15. The lowest BCUT2D eigenvalue weighted by atomic mass is 10.1. The van der Waals surface area contributed by atoms with E-state index in [0.717, 1.165) is 22.0 Å². The number of para-hydroxylation sites is 1. The summed E-state index contributed by atoms with van der Waals surface area (Å²) in [4.78, 5) is 11.2. The molecule has 1 aliphatic rings. The molecule has 26 heavy (non-hydrogen) atoms. The van der Waals surface area contributed by atoms with E-state index in [2.05, 4.69) is 28.2 Å². The summed E-state index contributed by atoms with van der Waals surface area (Å²) in [6.45, 7) is 0.621. The molecular formula is C19H16Cl2N2O2S. The van der Waals surface area contributed by atoms with Gasteiger partial charge in [-0.2, -0.15) is 0 Å². The molecule has 3 aromatic rings. The predicted molar refractivity (Wildman–Crippen MR) is 107 cm³/mol. The van der Waals surface area contributed by atoms with Gasteiger partial charge in [0.15, 0.2) is 0 Å². The first-order chi connectivity index (χ1) is 12.5. The molecule has 0 amide bonds. The number of benzene rings is 2. The van der Waals surface area contributed by atoms with E-state index in [0.29, 0.717) is 22.3 Å². The highest BCUT2D eigenvalue weighted by Gasteiger charge is 2.32. The van der Waals surface area contributed by atoms with E-state index < -0.39 is 12.0 Å². The standard InChI is InChI=1S/C19H16Cl2N2O2S/c20-12-6-5-11(15(21)7-12)8-23-9-14(13-3-1-2-4-17(13)23)18-22-16(10-26-18)19(24)25/h1-7,9,16,18,22H,8,10H2,(H,24,25)/t16-,18-/m0/s1. The molecule has 2 atom stereocenters. The Morgan fingerprint density at radius 1 is 1.27 bits per heavy atom. The summed E-state index contributed by atoms with van der Waals surface area (Å²) in [5, 5.41) is 14.8. The largest absolute Gasteiger partial charge is 0.480 e. The van der Waals surface area contributed by atoms with Crippen LogP contribution in [-0.4, -0.2) is 27.4 Å². The van der Waals surface area contributed by atoms with Crippen LogP contribution in [0.15, 0.2) is 48.7 Å². The molecule has 1 aromatic heterocycles. The van der Waals surface area contributed by atoms with Gasteiger partial charge in [0.25, 0.3) is 0 Å². The third kappa shape index (κ3) is 3.32. The van der Waals surface area contributed by atoms with Crippen molar-refractivity contribution in [2.45, 2.75) is 18.0 Å². The van der Waals surface area contributed by atoms with Crippen molar-refractivity contribution < 1.29 is 9.90 Å². The van der Waals surface area contributed by atoms with E-state index in [4.69, 9.17) is 23.2 Å². The van der Waals surface area contributed by atoms with E-state index in [9.17, 15) is 9.90 Å². The van der Waals surface area contributed by atoms with Crippen LogP contribution in [0.1, 0.15) is 16.5 Å². The van der Waals surface area contributed by atoms with Crippen molar-refractivity contribution in [3.05, 3.63) is 69.8 Å². The number of carbonyl (C=O) groups is 1. The van der Waals surface area contributed by atoms with Gasteiger partial charge >= 0.3 is 5.97 Å². The molecule has 0 aliphatic carbocycles. The second-order valence-corrected chi connectivity index (χ2v) is 8.22. The number of hydrogen-bond acceptors (Lipinski definition) is 3. The molecule has 2 aromatic carbocycles. The minimum Gasteiger partial charge on any atom is -0.480 e. The maximum absolute atomic E-state index is 11.2. The normalized spacial score (nSPS) is 19.9. The van der Waals surface area contributed by atoms with Gasteiger partial charge in [0.1, 0.15) is 6.04 Å². The Hall–Kier alpha value is -1.66. The Bertz CT molecular complexity index is 989. The smallest absolute Gasteiger partial charge is 0.321 e. The Morgan fingerprint density at radius 3 is 2.81 bits per heavy atom. The van der Waals surface area contributed by atoms with Crippen LogP contribution < -0.4 is 5.32 Å². The number of nitrogens with one attached hydrogen (secondary N) is 1. The third-order valence-electron chi connectivity index (χ3n) is 4.54. The van der Waals surface area contributed by atoms with Crippen molar-refractivity contribution in [3.63, 3.8) is 0 Å². The summed E-state index contributed by atoms with van der Waals surface area (Å²) in [5.74, 6) is -0.251. The Labute approximate surface area is 165 Å². The molecule has 0 bridgehead atoms. The van der Waals surface area contributed by atoms with Crippen LogP contribution in [0, 0.1) is 0 Å². The quantitative estimate of drug-likeness (QED) is 0.654. The van der Waals surface area contributed by atoms with E-state index in [1.54, 1.807) is 17.8 Å². The number of carboxylic acid groups (broad SMARTS) is 1. The van der Waals surface area contributed by atoms with Gasteiger partial charge in [-0.3, -0.25) is 10.1 Å². The fourth-order valence-corrected chi connectivity index (χ4v) is 4.96. The molecule has 2 heterocycles. The molecule has 0 spiro atoms. The Balaban J connectivity index is 1.71. The van der Waals surface area contributed by atoms with Gasteiger partial charge in [-0.1, -0.05) is 47.5 Å². The average Bonchev–Trinajstić information content (AvgIpc) is 3.23. The van der Waals surface area contributed by atoms with Crippen LogP contribution in [0.4, 0.5) is 0 Å². The summed E-state index contributed by atoms with van der Waals surface area (Å²) in [7, 11) is 0. The topological polar surface area (TPSA) is 54.3 Å². The van der Waals surface area contributed by atoms with E-state index in [-0.39, 0.29) is 5.37 Å².